The van der Waals surface area contributed by atoms with Crippen molar-refractivity contribution >= 4 is 24.2 Å². The van der Waals surface area contributed by atoms with E-state index in [0.717, 1.165) is 11.6 Å². The van der Waals surface area contributed by atoms with Crippen molar-refractivity contribution in [3.8, 4) is 28.7 Å². The van der Waals surface area contributed by atoms with Crippen LogP contribution in [0.5, 0.6) is 28.7 Å². The first kappa shape index (κ1) is 29.4. The molecule has 0 amide bonds. The molecule has 0 aliphatic carbocycles. The first-order valence-electron chi connectivity index (χ1n) is 12.5. The second kappa shape index (κ2) is 13.2. The van der Waals surface area contributed by atoms with Gasteiger partial charge in [-0.3, -0.25) is 0 Å². The Morgan fingerprint density at radius 3 is 2.27 bits per heavy atom. The third-order valence-electron chi connectivity index (χ3n) is 6.22. The third-order valence-corrected chi connectivity index (χ3v) is 6.22. The summed E-state index contributed by atoms with van der Waals surface area (Å²) >= 11 is 0. The van der Waals surface area contributed by atoms with Crippen molar-refractivity contribution in [3.63, 3.8) is 0 Å². The third kappa shape index (κ3) is 7.56. The number of hydrogen-bond donors (Lipinski definition) is 6. The number of esters is 1. The Labute approximate surface area is 235 Å². The zero-order valence-corrected chi connectivity index (χ0v) is 21.9. The van der Waals surface area contributed by atoms with E-state index in [4.69, 9.17) is 18.9 Å². The molecule has 0 radical (unpaired) electrons. The molecule has 0 aromatic heterocycles. The van der Waals surface area contributed by atoms with Crippen molar-refractivity contribution < 1.29 is 54.4 Å². The second-order valence-electron chi connectivity index (χ2n) is 9.18. The molecule has 3 aromatic carbocycles. The van der Waals surface area contributed by atoms with Gasteiger partial charge in [-0.05, 0) is 59.2 Å². The molecule has 1 aliphatic heterocycles. The van der Waals surface area contributed by atoms with Gasteiger partial charge < -0.3 is 49.6 Å². The summed E-state index contributed by atoms with van der Waals surface area (Å²) in [6, 6.07) is 15.2. The van der Waals surface area contributed by atoms with Crippen molar-refractivity contribution in [2.45, 2.75) is 30.7 Å². The minimum atomic E-state index is -1.68. The van der Waals surface area contributed by atoms with Crippen LogP contribution in [0.3, 0.4) is 0 Å². The van der Waals surface area contributed by atoms with Crippen LogP contribution in [-0.2, 0) is 14.3 Å². The van der Waals surface area contributed by atoms with E-state index in [0.29, 0.717) is 11.1 Å². The van der Waals surface area contributed by atoms with Crippen LogP contribution in [0.2, 0.25) is 0 Å². The zero-order valence-electron chi connectivity index (χ0n) is 21.9. The summed E-state index contributed by atoms with van der Waals surface area (Å²) in [4.78, 5) is 12.6. The van der Waals surface area contributed by atoms with Crippen LogP contribution in [0.25, 0.3) is 18.2 Å². The number of ether oxygens (including phenoxy) is 4. The van der Waals surface area contributed by atoms with Gasteiger partial charge in [-0.15, -0.1) is 0 Å². The predicted octanol–water partition coefficient (Wildman–Crippen LogP) is 2.43. The van der Waals surface area contributed by atoms with Gasteiger partial charge in [-0.25, -0.2) is 4.79 Å². The Morgan fingerprint density at radius 1 is 0.854 bits per heavy atom. The number of methoxy groups -OCH3 is 1. The fraction of sp³-hybridized carbons (Fsp3) is 0.233. The zero-order chi connectivity index (χ0) is 29.5. The van der Waals surface area contributed by atoms with Crippen LogP contribution >= 0.6 is 0 Å². The van der Waals surface area contributed by atoms with Crippen molar-refractivity contribution in [2.75, 3.05) is 13.7 Å². The number of aliphatic hydroxyl groups is 3. The first-order chi connectivity index (χ1) is 19.7. The molecular weight excluding hydrogens is 536 g/mol. The van der Waals surface area contributed by atoms with Crippen LogP contribution in [0.4, 0.5) is 0 Å². The molecule has 1 heterocycles. The Morgan fingerprint density at radius 2 is 1.56 bits per heavy atom. The quantitative estimate of drug-likeness (QED) is 0.127. The highest BCUT2D eigenvalue weighted by Crippen LogP contribution is 2.30. The number of rotatable bonds is 9. The Bertz CT molecular complexity index is 1400. The molecule has 6 N–H and O–H groups in total. The summed E-state index contributed by atoms with van der Waals surface area (Å²) in [5, 5.41) is 60.2. The molecule has 1 saturated heterocycles. The van der Waals surface area contributed by atoms with Gasteiger partial charge in [-0.2, -0.15) is 0 Å². The van der Waals surface area contributed by atoms with E-state index in [1.165, 1.54) is 55.7 Å². The lowest BCUT2D eigenvalue weighted by Gasteiger charge is -2.41. The molecule has 11 heteroatoms. The SMILES string of the molecule is COc1cc(/C=C/C(=O)O[C@H]2[C@H](Oc3cc(O)cc(/C=C/c4ccc(O)cc4)c3)O[C@@H](CO)[C@H](O)[C@H]2O)ccc1O. The molecule has 4 rings (SSSR count). The van der Waals surface area contributed by atoms with E-state index in [1.807, 2.05) is 0 Å². The fourth-order valence-electron chi connectivity index (χ4n) is 4.09. The maximum Gasteiger partial charge on any atom is 0.331 e. The van der Waals surface area contributed by atoms with Crippen LogP contribution in [0.1, 0.15) is 16.7 Å². The topological polar surface area (TPSA) is 175 Å². The molecule has 0 spiro atoms. The summed E-state index contributed by atoms with van der Waals surface area (Å²) < 4.78 is 21.9. The normalized spacial score (nSPS) is 22.6. The molecule has 216 valence electrons. The monoisotopic (exact) mass is 566 g/mol. The Balaban J connectivity index is 1.52. The smallest absolute Gasteiger partial charge is 0.331 e. The summed E-state index contributed by atoms with van der Waals surface area (Å²) in [5.41, 5.74) is 1.83. The van der Waals surface area contributed by atoms with Gasteiger partial charge >= 0.3 is 5.97 Å². The Hall–Kier alpha value is -4.55. The number of benzene rings is 3. The van der Waals surface area contributed by atoms with Crippen LogP contribution in [0.15, 0.2) is 66.7 Å². The molecule has 0 saturated carbocycles. The molecule has 11 nitrogen and oxygen atoms in total. The van der Waals surface area contributed by atoms with Gasteiger partial charge in [0.05, 0.1) is 13.7 Å². The minimum absolute atomic E-state index is 0.0759. The van der Waals surface area contributed by atoms with Crippen LogP contribution in [0, 0.1) is 0 Å². The highest BCUT2D eigenvalue weighted by molar-refractivity contribution is 5.87. The van der Waals surface area contributed by atoms with E-state index < -0.39 is 43.3 Å². The number of carbonyl (C=O) groups is 1. The van der Waals surface area contributed by atoms with Gasteiger partial charge in [0, 0.05) is 12.1 Å². The molecule has 0 unspecified atom stereocenters. The molecule has 1 fully saturated rings. The minimum Gasteiger partial charge on any atom is -0.508 e. The van der Waals surface area contributed by atoms with Gasteiger partial charge in [0.1, 0.15) is 35.6 Å². The van der Waals surface area contributed by atoms with Crippen LogP contribution < -0.4 is 9.47 Å². The maximum atomic E-state index is 12.6. The number of carbonyl (C=O) groups excluding carboxylic acids is 1. The second-order valence-corrected chi connectivity index (χ2v) is 9.18. The lowest BCUT2D eigenvalue weighted by molar-refractivity contribution is -0.281. The fourth-order valence-corrected chi connectivity index (χ4v) is 4.09. The molecular formula is C30H30O11. The molecule has 1 aliphatic rings. The molecule has 5 atom stereocenters. The molecule has 3 aromatic rings. The van der Waals surface area contributed by atoms with E-state index in [1.54, 1.807) is 30.4 Å². The largest absolute Gasteiger partial charge is 0.508 e. The lowest BCUT2D eigenvalue weighted by Crippen LogP contribution is -2.61. The van der Waals surface area contributed by atoms with Crippen molar-refractivity contribution in [3.05, 3.63) is 83.4 Å². The van der Waals surface area contributed by atoms with Gasteiger partial charge in [0.15, 0.2) is 17.6 Å². The number of aliphatic hydroxyl groups excluding tert-OH is 3. The highest BCUT2D eigenvalue weighted by atomic mass is 16.7. The maximum absolute atomic E-state index is 12.6. The van der Waals surface area contributed by atoms with Gasteiger partial charge in [0.25, 0.3) is 0 Å². The number of hydrogen-bond acceptors (Lipinski definition) is 11. The summed E-state index contributed by atoms with van der Waals surface area (Å²) in [6.45, 7) is -0.651. The van der Waals surface area contributed by atoms with E-state index in [-0.39, 0.29) is 28.7 Å². The van der Waals surface area contributed by atoms with Gasteiger partial charge in [-0.1, -0.05) is 30.4 Å². The number of phenolic OH excluding ortho intramolecular Hbond substituents is 3. The van der Waals surface area contributed by atoms with Gasteiger partial charge in [0.2, 0.25) is 6.29 Å². The average Bonchev–Trinajstić information content (AvgIpc) is 2.95. The van der Waals surface area contributed by atoms with E-state index in [9.17, 15) is 35.4 Å². The first-order valence-corrected chi connectivity index (χ1v) is 12.5. The predicted molar refractivity (Wildman–Crippen MR) is 147 cm³/mol. The van der Waals surface area contributed by atoms with Crippen molar-refractivity contribution in [1.29, 1.82) is 0 Å². The van der Waals surface area contributed by atoms with E-state index in [2.05, 4.69) is 0 Å². The van der Waals surface area contributed by atoms with Crippen LogP contribution in [-0.4, -0.2) is 81.0 Å². The summed E-state index contributed by atoms with van der Waals surface area (Å²) in [6.07, 6.45) is -1.58. The summed E-state index contributed by atoms with van der Waals surface area (Å²) in [7, 11) is 1.38. The highest BCUT2D eigenvalue weighted by Gasteiger charge is 2.47. The average molecular weight is 567 g/mol. The molecule has 0 bridgehead atoms. The summed E-state index contributed by atoms with van der Waals surface area (Å²) in [5.74, 6) is -0.708. The lowest BCUT2D eigenvalue weighted by atomic mass is 9.99. The Kier molecular flexibility index (Phi) is 9.48. The molecule has 41 heavy (non-hydrogen) atoms. The number of phenols is 3. The standard InChI is InChI=1S/C30H30O11/c1-38-24-14-18(6-10-23(24)34)7-11-26(35)41-29-28(37)27(36)25(16-31)40-30(29)39-22-13-19(12-21(33)15-22)3-2-17-4-8-20(32)9-5-17/h2-15,25,27-34,36-37H,16H2,1H3/b3-2+,11-7+/t25-,27-,28+,29+,30+/m0/s1. The van der Waals surface area contributed by atoms with Crippen molar-refractivity contribution in [2.24, 2.45) is 0 Å². The van der Waals surface area contributed by atoms with E-state index >= 15 is 0 Å². The number of aromatic hydroxyl groups is 3. The van der Waals surface area contributed by atoms with Crippen molar-refractivity contribution in [1.82, 2.24) is 0 Å².